The van der Waals surface area contributed by atoms with Gasteiger partial charge in [-0.2, -0.15) is 0 Å². The van der Waals surface area contributed by atoms with Crippen molar-refractivity contribution in [3.8, 4) is 0 Å². The standard InChI is InChI=1S/C17H26N2O/c1-13-6-7-14(2)15(10-13)11-17(20)16-12-18(3)8-5-9-19(16)4/h6-7,10,16H,5,8-9,11-12H2,1-4H3. The Morgan fingerprint density at radius 3 is 2.75 bits per heavy atom. The van der Waals surface area contributed by atoms with Crippen molar-refractivity contribution >= 4 is 5.78 Å². The van der Waals surface area contributed by atoms with Crippen molar-refractivity contribution in [1.29, 1.82) is 0 Å². The molecule has 110 valence electrons. The third-order valence-electron chi connectivity index (χ3n) is 4.31. The lowest BCUT2D eigenvalue weighted by atomic mass is 9.97. The van der Waals surface area contributed by atoms with Gasteiger partial charge in [-0.05, 0) is 58.6 Å². The van der Waals surface area contributed by atoms with Crippen LogP contribution in [0, 0.1) is 13.8 Å². The average Bonchev–Trinajstić information content (AvgIpc) is 2.55. The molecule has 0 aromatic heterocycles. The number of aryl methyl sites for hydroxylation is 2. The number of Topliss-reactive ketones (excluding diaryl/α,β-unsaturated/α-hetero) is 1. The summed E-state index contributed by atoms with van der Waals surface area (Å²) in [7, 11) is 4.18. The van der Waals surface area contributed by atoms with Crippen LogP contribution in [0.25, 0.3) is 0 Å². The van der Waals surface area contributed by atoms with E-state index < -0.39 is 0 Å². The molecule has 1 saturated heterocycles. The van der Waals surface area contributed by atoms with Crippen LogP contribution in [0.2, 0.25) is 0 Å². The van der Waals surface area contributed by atoms with Gasteiger partial charge in [-0.3, -0.25) is 9.69 Å². The van der Waals surface area contributed by atoms with Gasteiger partial charge >= 0.3 is 0 Å². The summed E-state index contributed by atoms with van der Waals surface area (Å²) in [6.45, 7) is 7.11. The molecule has 0 radical (unpaired) electrons. The van der Waals surface area contributed by atoms with Gasteiger partial charge in [0.15, 0.2) is 5.78 Å². The maximum absolute atomic E-state index is 12.7. The Hall–Kier alpha value is -1.19. The second-order valence-electron chi connectivity index (χ2n) is 6.19. The van der Waals surface area contributed by atoms with E-state index in [0.717, 1.165) is 26.1 Å². The highest BCUT2D eigenvalue weighted by Gasteiger charge is 2.26. The van der Waals surface area contributed by atoms with E-state index in [1.54, 1.807) is 0 Å². The molecular formula is C17H26N2O. The highest BCUT2D eigenvalue weighted by Crippen LogP contribution is 2.15. The van der Waals surface area contributed by atoms with Gasteiger partial charge in [0.1, 0.15) is 0 Å². The summed E-state index contributed by atoms with van der Waals surface area (Å²) in [5.41, 5.74) is 3.62. The molecule has 0 spiro atoms. The fourth-order valence-corrected chi connectivity index (χ4v) is 2.92. The monoisotopic (exact) mass is 274 g/mol. The summed E-state index contributed by atoms with van der Waals surface area (Å²) in [6.07, 6.45) is 1.69. The van der Waals surface area contributed by atoms with Crippen LogP contribution < -0.4 is 0 Å². The first-order chi connectivity index (χ1) is 9.47. The molecule has 0 N–H and O–H groups in total. The number of hydrogen-bond donors (Lipinski definition) is 0. The Balaban J connectivity index is 2.11. The Morgan fingerprint density at radius 2 is 2.00 bits per heavy atom. The number of likely N-dealkylation sites (N-methyl/N-ethyl adjacent to an activating group) is 2. The minimum absolute atomic E-state index is 0.0300. The van der Waals surface area contributed by atoms with Gasteiger partial charge in [0.2, 0.25) is 0 Å². The van der Waals surface area contributed by atoms with Crippen molar-refractivity contribution in [3.05, 3.63) is 34.9 Å². The molecule has 2 rings (SSSR count). The Bertz CT molecular complexity index is 484. The number of carbonyl (C=O) groups excluding carboxylic acids is 1. The highest BCUT2D eigenvalue weighted by molar-refractivity contribution is 5.86. The number of benzene rings is 1. The molecule has 1 heterocycles. The largest absolute Gasteiger partial charge is 0.304 e. The predicted octanol–water partition coefficient (Wildman–Crippen LogP) is 2.05. The van der Waals surface area contributed by atoms with E-state index in [1.807, 2.05) is 0 Å². The minimum Gasteiger partial charge on any atom is -0.304 e. The molecule has 1 aliphatic heterocycles. The van der Waals surface area contributed by atoms with Crippen LogP contribution in [0.5, 0.6) is 0 Å². The van der Waals surface area contributed by atoms with Gasteiger partial charge in [-0.1, -0.05) is 23.8 Å². The van der Waals surface area contributed by atoms with Crippen molar-refractivity contribution in [3.63, 3.8) is 0 Å². The fourth-order valence-electron chi connectivity index (χ4n) is 2.92. The Morgan fingerprint density at radius 1 is 1.25 bits per heavy atom. The van der Waals surface area contributed by atoms with Gasteiger partial charge in [0.25, 0.3) is 0 Å². The van der Waals surface area contributed by atoms with Gasteiger partial charge in [-0.25, -0.2) is 0 Å². The van der Waals surface area contributed by atoms with E-state index in [9.17, 15) is 4.79 Å². The summed E-state index contributed by atoms with van der Waals surface area (Å²) in [4.78, 5) is 17.2. The first kappa shape index (κ1) is 15.2. The lowest BCUT2D eigenvalue weighted by Gasteiger charge is -2.26. The van der Waals surface area contributed by atoms with Crippen molar-refractivity contribution in [2.45, 2.75) is 32.7 Å². The third kappa shape index (κ3) is 3.68. The molecule has 3 nitrogen and oxygen atoms in total. The quantitative estimate of drug-likeness (QED) is 0.843. The van der Waals surface area contributed by atoms with E-state index in [4.69, 9.17) is 0 Å². The molecule has 0 amide bonds. The molecule has 1 atom stereocenters. The zero-order valence-electron chi connectivity index (χ0n) is 13.1. The van der Waals surface area contributed by atoms with Crippen LogP contribution in [0.3, 0.4) is 0 Å². The maximum Gasteiger partial charge on any atom is 0.155 e. The van der Waals surface area contributed by atoms with Crippen LogP contribution in [0.15, 0.2) is 18.2 Å². The van der Waals surface area contributed by atoms with Crippen LogP contribution in [-0.4, -0.2) is 55.4 Å². The summed E-state index contributed by atoms with van der Waals surface area (Å²) in [5.74, 6) is 0.343. The predicted molar refractivity (Wildman–Crippen MR) is 83.2 cm³/mol. The molecule has 1 fully saturated rings. The summed E-state index contributed by atoms with van der Waals surface area (Å²) < 4.78 is 0. The lowest BCUT2D eigenvalue weighted by molar-refractivity contribution is -0.123. The average molecular weight is 274 g/mol. The molecule has 1 aromatic carbocycles. The summed E-state index contributed by atoms with van der Waals surface area (Å²) >= 11 is 0. The molecule has 1 unspecified atom stereocenters. The normalized spacial score (nSPS) is 21.7. The van der Waals surface area contributed by atoms with Crippen LogP contribution in [-0.2, 0) is 11.2 Å². The minimum atomic E-state index is 0.0300. The summed E-state index contributed by atoms with van der Waals surface area (Å²) in [6, 6.07) is 6.39. The maximum atomic E-state index is 12.7. The fraction of sp³-hybridized carbons (Fsp3) is 0.588. The smallest absolute Gasteiger partial charge is 0.155 e. The number of hydrogen-bond acceptors (Lipinski definition) is 3. The number of ketones is 1. The van der Waals surface area contributed by atoms with Crippen LogP contribution >= 0.6 is 0 Å². The first-order valence-corrected chi connectivity index (χ1v) is 7.45. The molecule has 1 aliphatic rings. The summed E-state index contributed by atoms with van der Waals surface area (Å²) in [5, 5.41) is 0. The Labute approximate surface area is 122 Å². The lowest BCUT2D eigenvalue weighted by Crippen LogP contribution is -2.44. The van der Waals surface area contributed by atoms with E-state index in [-0.39, 0.29) is 6.04 Å². The van der Waals surface area contributed by atoms with Crippen molar-refractivity contribution in [2.75, 3.05) is 33.7 Å². The van der Waals surface area contributed by atoms with Crippen molar-refractivity contribution in [2.24, 2.45) is 0 Å². The highest BCUT2D eigenvalue weighted by atomic mass is 16.1. The zero-order chi connectivity index (χ0) is 14.7. The van der Waals surface area contributed by atoms with E-state index >= 15 is 0 Å². The molecule has 20 heavy (non-hydrogen) atoms. The molecule has 1 aromatic rings. The molecule has 0 bridgehead atoms. The molecule has 3 heteroatoms. The van der Waals surface area contributed by atoms with Crippen LogP contribution in [0.4, 0.5) is 0 Å². The van der Waals surface area contributed by atoms with E-state index in [2.05, 4.69) is 55.9 Å². The molecule has 0 aliphatic carbocycles. The third-order valence-corrected chi connectivity index (χ3v) is 4.31. The van der Waals surface area contributed by atoms with Gasteiger partial charge in [0.05, 0.1) is 6.04 Å². The second-order valence-corrected chi connectivity index (χ2v) is 6.19. The second kappa shape index (κ2) is 6.51. The van der Waals surface area contributed by atoms with Crippen molar-refractivity contribution < 1.29 is 4.79 Å². The van der Waals surface area contributed by atoms with E-state index in [0.29, 0.717) is 12.2 Å². The Kier molecular flexibility index (Phi) is 4.95. The van der Waals surface area contributed by atoms with Gasteiger partial charge in [0, 0.05) is 13.0 Å². The number of rotatable bonds is 3. The topological polar surface area (TPSA) is 23.6 Å². The number of carbonyl (C=O) groups is 1. The number of nitrogens with zero attached hydrogens (tertiary/aromatic N) is 2. The van der Waals surface area contributed by atoms with Gasteiger partial charge in [-0.15, -0.1) is 0 Å². The van der Waals surface area contributed by atoms with Gasteiger partial charge < -0.3 is 4.90 Å². The molecular weight excluding hydrogens is 248 g/mol. The van der Waals surface area contributed by atoms with Crippen molar-refractivity contribution in [1.82, 2.24) is 9.80 Å². The first-order valence-electron chi connectivity index (χ1n) is 7.45. The molecule has 0 saturated carbocycles. The van der Waals surface area contributed by atoms with E-state index in [1.165, 1.54) is 16.7 Å². The zero-order valence-corrected chi connectivity index (χ0v) is 13.1. The SMILES string of the molecule is Cc1ccc(C)c(CC(=O)C2CN(C)CCCN2C)c1. The van der Waals surface area contributed by atoms with Crippen LogP contribution in [0.1, 0.15) is 23.1 Å².